The van der Waals surface area contributed by atoms with Gasteiger partial charge in [0.1, 0.15) is 0 Å². The number of carbonyl (C=O) groups excluding carboxylic acids is 2. The van der Waals surface area contributed by atoms with Crippen molar-refractivity contribution in [1.82, 2.24) is 4.72 Å². The SMILES string of the molecule is CNS(=O)(=O)c1ccc(C(=O)OCC(=O)N(c2ccccc2)C(C)C)cc1. The van der Waals surface area contributed by atoms with Crippen LogP contribution in [0.1, 0.15) is 24.2 Å². The lowest BCUT2D eigenvalue weighted by atomic mass is 10.2. The van der Waals surface area contributed by atoms with E-state index in [-0.39, 0.29) is 22.4 Å². The van der Waals surface area contributed by atoms with Crippen molar-refractivity contribution < 1.29 is 22.7 Å². The molecule has 0 atom stereocenters. The molecule has 2 rings (SSSR count). The second kappa shape index (κ2) is 8.79. The first-order valence-electron chi connectivity index (χ1n) is 8.34. The van der Waals surface area contributed by atoms with E-state index in [4.69, 9.17) is 4.74 Å². The monoisotopic (exact) mass is 390 g/mol. The Hall–Kier alpha value is -2.71. The molecule has 1 amide bonds. The molecule has 1 N–H and O–H groups in total. The molecular formula is C19H22N2O5S. The van der Waals surface area contributed by atoms with E-state index in [0.717, 1.165) is 5.69 Å². The van der Waals surface area contributed by atoms with Crippen molar-refractivity contribution in [1.29, 1.82) is 0 Å². The number of rotatable bonds is 7. The summed E-state index contributed by atoms with van der Waals surface area (Å²) in [5.74, 6) is -1.05. The lowest BCUT2D eigenvalue weighted by Gasteiger charge is -2.26. The predicted molar refractivity (Wildman–Crippen MR) is 102 cm³/mol. The van der Waals surface area contributed by atoms with Crippen LogP contribution in [0.5, 0.6) is 0 Å². The van der Waals surface area contributed by atoms with Crippen LogP contribution < -0.4 is 9.62 Å². The third-order valence-corrected chi connectivity index (χ3v) is 5.25. The zero-order valence-corrected chi connectivity index (χ0v) is 16.2. The molecule has 0 aromatic heterocycles. The van der Waals surface area contributed by atoms with Crippen molar-refractivity contribution in [2.45, 2.75) is 24.8 Å². The topological polar surface area (TPSA) is 92.8 Å². The van der Waals surface area contributed by atoms with Crippen LogP contribution in [-0.4, -0.2) is 40.0 Å². The Kier molecular flexibility index (Phi) is 6.70. The first-order chi connectivity index (χ1) is 12.8. The lowest BCUT2D eigenvalue weighted by molar-refractivity contribution is -0.122. The van der Waals surface area contributed by atoms with E-state index in [1.807, 2.05) is 32.0 Å². The van der Waals surface area contributed by atoms with E-state index in [1.165, 1.54) is 31.3 Å². The highest BCUT2D eigenvalue weighted by Crippen LogP contribution is 2.17. The summed E-state index contributed by atoms with van der Waals surface area (Å²) >= 11 is 0. The molecule has 0 radical (unpaired) electrons. The van der Waals surface area contributed by atoms with E-state index in [1.54, 1.807) is 17.0 Å². The van der Waals surface area contributed by atoms with Gasteiger partial charge in [0.25, 0.3) is 5.91 Å². The molecule has 0 bridgehead atoms. The van der Waals surface area contributed by atoms with E-state index >= 15 is 0 Å². The highest BCUT2D eigenvalue weighted by Gasteiger charge is 2.21. The number of anilines is 1. The number of esters is 1. The number of nitrogens with zero attached hydrogens (tertiary/aromatic N) is 1. The zero-order valence-electron chi connectivity index (χ0n) is 15.4. The fourth-order valence-electron chi connectivity index (χ4n) is 2.49. The molecule has 0 saturated carbocycles. The number of hydrogen-bond acceptors (Lipinski definition) is 5. The van der Waals surface area contributed by atoms with E-state index in [0.29, 0.717) is 0 Å². The van der Waals surface area contributed by atoms with Gasteiger partial charge in [-0.1, -0.05) is 18.2 Å². The molecule has 8 heteroatoms. The van der Waals surface area contributed by atoms with E-state index < -0.39 is 22.6 Å². The minimum Gasteiger partial charge on any atom is -0.452 e. The quantitative estimate of drug-likeness (QED) is 0.732. The Balaban J connectivity index is 2.05. The summed E-state index contributed by atoms with van der Waals surface area (Å²) < 4.78 is 30.7. The number of nitrogens with one attached hydrogen (secondary N) is 1. The molecule has 0 aliphatic heterocycles. The first kappa shape index (κ1) is 20.6. The maximum Gasteiger partial charge on any atom is 0.338 e. The van der Waals surface area contributed by atoms with Crippen molar-refractivity contribution in [3.05, 3.63) is 60.2 Å². The van der Waals surface area contributed by atoms with Crippen LogP contribution in [0.2, 0.25) is 0 Å². The van der Waals surface area contributed by atoms with Crippen LogP contribution in [0, 0.1) is 0 Å². The van der Waals surface area contributed by atoms with Gasteiger partial charge in [-0.05, 0) is 57.3 Å². The fourth-order valence-corrected chi connectivity index (χ4v) is 3.22. The average molecular weight is 390 g/mol. The largest absolute Gasteiger partial charge is 0.452 e. The highest BCUT2D eigenvalue weighted by atomic mass is 32.2. The van der Waals surface area contributed by atoms with Crippen LogP contribution in [0.4, 0.5) is 5.69 Å². The molecule has 2 aromatic rings. The van der Waals surface area contributed by atoms with Crippen molar-refractivity contribution in [2.24, 2.45) is 0 Å². The van der Waals surface area contributed by atoms with Gasteiger partial charge in [-0.2, -0.15) is 0 Å². The number of amides is 1. The average Bonchev–Trinajstić information content (AvgIpc) is 2.67. The number of ether oxygens (including phenoxy) is 1. The summed E-state index contributed by atoms with van der Waals surface area (Å²) in [7, 11) is -2.28. The van der Waals surface area contributed by atoms with Crippen molar-refractivity contribution in [3.63, 3.8) is 0 Å². The molecule has 7 nitrogen and oxygen atoms in total. The summed E-state index contributed by atoms with van der Waals surface area (Å²) in [6, 6.07) is 14.3. The van der Waals surface area contributed by atoms with Gasteiger partial charge < -0.3 is 9.64 Å². The Morgan fingerprint density at radius 2 is 1.63 bits per heavy atom. The molecule has 2 aromatic carbocycles. The van der Waals surface area contributed by atoms with Crippen molar-refractivity contribution >= 4 is 27.6 Å². The van der Waals surface area contributed by atoms with Crippen LogP contribution in [0.15, 0.2) is 59.5 Å². The second-order valence-electron chi connectivity index (χ2n) is 6.00. The Bertz CT molecular complexity index is 893. The summed E-state index contributed by atoms with van der Waals surface area (Å²) in [6.45, 7) is 3.32. The summed E-state index contributed by atoms with van der Waals surface area (Å²) in [5.41, 5.74) is 0.879. The molecule has 27 heavy (non-hydrogen) atoms. The maximum absolute atomic E-state index is 12.5. The molecule has 0 saturated heterocycles. The van der Waals surface area contributed by atoms with Crippen molar-refractivity contribution in [2.75, 3.05) is 18.6 Å². The van der Waals surface area contributed by atoms with Gasteiger partial charge in [0, 0.05) is 11.7 Å². The minimum atomic E-state index is -3.58. The highest BCUT2D eigenvalue weighted by molar-refractivity contribution is 7.89. The second-order valence-corrected chi connectivity index (χ2v) is 7.89. The molecule has 0 aliphatic rings. The zero-order chi connectivity index (χ0) is 20.0. The minimum absolute atomic E-state index is 0.0349. The van der Waals surface area contributed by atoms with Gasteiger partial charge in [-0.3, -0.25) is 4.79 Å². The third kappa shape index (κ3) is 5.15. The smallest absolute Gasteiger partial charge is 0.338 e. The molecule has 0 aliphatic carbocycles. The maximum atomic E-state index is 12.5. The molecule has 0 fully saturated rings. The number of hydrogen-bond donors (Lipinski definition) is 1. The third-order valence-electron chi connectivity index (χ3n) is 3.82. The summed E-state index contributed by atoms with van der Waals surface area (Å²) in [4.78, 5) is 26.2. The summed E-state index contributed by atoms with van der Waals surface area (Å²) in [6.07, 6.45) is 0. The van der Waals surface area contributed by atoms with E-state index in [2.05, 4.69) is 4.72 Å². The molecular weight excluding hydrogens is 368 g/mol. The predicted octanol–water partition coefficient (Wildman–Crippen LogP) is 2.19. The first-order valence-corrected chi connectivity index (χ1v) is 9.82. The van der Waals surface area contributed by atoms with Gasteiger partial charge >= 0.3 is 5.97 Å². The number of sulfonamides is 1. The lowest BCUT2D eigenvalue weighted by Crippen LogP contribution is -2.39. The van der Waals surface area contributed by atoms with Gasteiger partial charge in [0.2, 0.25) is 10.0 Å². The van der Waals surface area contributed by atoms with E-state index in [9.17, 15) is 18.0 Å². The normalized spacial score (nSPS) is 11.3. The molecule has 0 spiro atoms. The molecule has 0 unspecified atom stereocenters. The number of carbonyl (C=O) groups is 2. The number of benzene rings is 2. The Morgan fingerprint density at radius 1 is 1.04 bits per heavy atom. The van der Waals surface area contributed by atoms with Crippen LogP contribution >= 0.6 is 0 Å². The number of para-hydroxylation sites is 1. The molecule has 144 valence electrons. The van der Waals surface area contributed by atoms with Crippen LogP contribution in [-0.2, 0) is 19.6 Å². The summed E-state index contributed by atoms with van der Waals surface area (Å²) in [5, 5.41) is 0. The fraction of sp³-hybridized carbons (Fsp3) is 0.263. The van der Waals surface area contributed by atoms with Crippen LogP contribution in [0.25, 0.3) is 0 Å². The molecule has 0 heterocycles. The van der Waals surface area contributed by atoms with Gasteiger partial charge in [-0.25, -0.2) is 17.9 Å². The Morgan fingerprint density at radius 3 is 2.15 bits per heavy atom. The standard InChI is InChI=1S/C19H22N2O5S/c1-14(2)21(16-7-5-4-6-8-16)18(22)13-26-19(23)15-9-11-17(12-10-15)27(24,25)20-3/h4-12,14,20H,13H2,1-3H3. The van der Waals surface area contributed by atoms with Gasteiger partial charge in [0.05, 0.1) is 10.5 Å². The van der Waals surface area contributed by atoms with Gasteiger partial charge in [0.15, 0.2) is 6.61 Å². The van der Waals surface area contributed by atoms with Crippen molar-refractivity contribution in [3.8, 4) is 0 Å². The van der Waals surface area contributed by atoms with Crippen LogP contribution in [0.3, 0.4) is 0 Å². The van der Waals surface area contributed by atoms with Gasteiger partial charge in [-0.15, -0.1) is 0 Å². The Labute approximate surface area is 159 Å².